The van der Waals surface area contributed by atoms with Crippen LogP contribution in [0.4, 0.5) is 10.2 Å². The molecule has 2 N–H and O–H groups in total. The summed E-state index contributed by atoms with van der Waals surface area (Å²) in [6, 6.07) is 9.98. The van der Waals surface area contributed by atoms with Gasteiger partial charge in [-0.3, -0.25) is 0 Å². The summed E-state index contributed by atoms with van der Waals surface area (Å²) in [4.78, 5) is 0. The van der Waals surface area contributed by atoms with Gasteiger partial charge in [0.25, 0.3) is 0 Å². The van der Waals surface area contributed by atoms with Gasteiger partial charge in [0.2, 0.25) is 0 Å². The van der Waals surface area contributed by atoms with Crippen LogP contribution < -0.4 is 5.32 Å². The predicted molar refractivity (Wildman–Crippen MR) is 88.0 cm³/mol. The maximum Gasteiger partial charge on any atom is 0.188 e. The molecule has 124 valence electrons. The van der Waals surface area contributed by atoms with E-state index in [1.807, 2.05) is 6.92 Å². The lowest BCUT2D eigenvalue weighted by molar-refractivity contribution is 0.205. The van der Waals surface area contributed by atoms with Crippen LogP contribution in [0.5, 0.6) is 0 Å². The molecule has 0 aliphatic heterocycles. The molecule has 2 aromatic heterocycles. The van der Waals surface area contributed by atoms with Crippen LogP contribution in [0.1, 0.15) is 19.8 Å². The quantitative estimate of drug-likeness (QED) is 0.753. The highest BCUT2D eigenvalue weighted by atomic mass is 19.1. The Bertz CT molecular complexity index is 892. The summed E-state index contributed by atoms with van der Waals surface area (Å²) in [5.74, 6) is 1.02. The van der Waals surface area contributed by atoms with Gasteiger partial charge in [0.1, 0.15) is 11.6 Å². The Kier molecular flexibility index (Phi) is 3.45. The van der Waals surface area contributed by atoms with Gasteiger partial charge in [-0.25, -0.2) is 4.39 Å². The van der Waals surface area contributed by atoms with E-state index in [0.717, 1.165) is 12.8 Å². The molecule has 6 nitrogen and oxygen atoms in total. The van der Waals surface area contributed by atoms with E-state index in [4.69, 9.17) is 0 Å². The van der Waals surface area contributed by atoms with Crippen LogP contribution in [0.25, 0.3) is 17.0 Å². The molecule has 24 heavy (non-hydrogen) atoms. The van der Waals surface area contributed by atoms with E-state index in [1.54, 1.807) is 30.3 Å². The molecule has 2 heterocycles. The van der Waals surface area contributed by atoms with Crippen molar-refractivity contribution in [2.75, 3.05) is 11.9 Å². The zero-order chi connectivity index (χ0) is 16.7. The lowest BCUT2D eigenvalue weighted by atomic mass is 9.97. The van der Waals surface area contributed by atoms with Crippen molar-refractivity contribution in [1.82, 2.24) is 19.8 Å². The number of nitrogens with zero attached hydrogens (tertiary/aromatic N) is 4. The number of hydrogen-bond acceptors (Lipinski definition) is 5. The molecule has 1 saturated carbocycles. The molecular formula is C17H18FN5O. The molecule has 7 heteroatoms. The van der Waals surface area contributed by atoms with Crippen molar-refractivity contribution in [2.45, 2.75) is 25.3 Å². The lowest BCUT2D eigenvalue weighted by Crippen LogP contribution is -2.41. The summed E-state index contributed by atoms with van der Waals surface area (Å²) in [5.41, 5.74) is 0.477. The van der Waals surface area contributed by atoms with Gasteiger partial charge in [-0.05, 0) is 49.9 Å². The first-order valence-corrected chi connectivity index (χ1v) is 7.97. The number of fused-ring (bicyclic) bond motifs is 1. The molecule has 4 rings (SSSR count). The first-order chi connectivity index (χ1) is 11.6. The maximum atomic E-state index is 14.1. The summed E-state index contributed by atoms with van der Waals surface area (Å²) in [6.07, 6.45) is 2.19. The van der Waals surface area contributed by atoms with Gasteiger partial charge in [0.05, 0.1) is 17.7 Å². The number of aromatic nitrogens is 4. The topological polar surface area (TPSA) is 75.3 Å². The Balaban J connectivity index is 1.75. The monoisotopic (exact) mass is 327 g/mol. The highest BCUT2D eigenvalue weighted by Gasteiger charge is 2.41. The first-order valence-electron chi connectivity index (χ1n) is 7.97. The minimum atomic E-state index is -0.410. The number of aliphatic hydroxyl groups excluding tert-OH is 1. The molecule has 1 fully saturated rings. The van der Waals surface area contributed by atoms with Gasteiger partial charge in [-0.2, -0.15) is 4.52 Å². The molecule has 0 saturated heterocycles. The fourth-order valence-corrected chi connectivity index (χ4v) is 2.95. The molecule has 1 unspecified atom stereocenters. The number of hydrogen-bond donors (Lipinski definition) is 2. The van der Waals surface area contributed by atoms with Gasteiger partial charge in [0, 0.05) is 0 Å². The van der Waals surface area contributed by atoms with E-state index in [0.29, 0.717) is 28.8 Å². The number of benzene rings is 1. The maximum absolute atomic E-state index is 14.1. The molecule has 1 atom stereocenters. The standard InChI is InChI=1S/C17H18FN5O/c1-17(10-24,11-6-7-11)19-14-8-9-15-20-21-16(23(15)22-14)12-4-2-3-5-13(12)18/h2-5,8-9,11,24H,6-7,10H2,1H3,(H,19,22). The van der Waals surface area contributed by atoms with Crippen molar-refractivity contribution in [2.24, 2.45) is 5.92 Å². The van der Waals surface area contributed by atoms with E-state index in [9.17, 15) is 9.50 Å². The second-order valence-electron chi connectivity index (χ2n) is 6.47. The summed E-state index contributed by atoms with van der Waals surface area (Å²) < 4.78 is 15.6. The van der Waals surface area contributed by atoms with E-state index in [2.05, 4.69) is 20.6 Å². The molecule has 0 bridgehead atoms. The first kappa shape index (κ1) is 15.0. The second kappa shape index (κ2) is 5.52. The van der Waals surface area contributed by atoms with E-state index < -0.39 is 5.54 Å². The Morgan fingerprint density at radius 1 is 1.25 bits per heavy atom. The Labute approximate surface area is 138 Å². The SMILES string of the molecule is CC(CO)(Nc1ccc2nnc(-c3ccccc3F)n2n1)C1CC1. The molecular weight excluding hydrogens is 309 g/mol. The zero-order valence-corrected chi connectivity index (χ0v) is 13.3. The molecule has 0 radical (unpaired) electrons. The average Bonchev–Trinajstić information content (AvgIpc) is 3.37. The van der Waals surface area contributed by atoms with Crippen LogP contribution in [0.2, 0.25) is 0 Å². The molecule has 3 aromatic rings. The van der Waals surface area contributed by atoms with Crippen molar-refractivity contribution in [3.63, 3.8) is 0 Å². The van der Waals surface area contributed by atoms with E-state index >= 15 is 0 Å². The minimum absolute atomic E-state index is 0.0275. The third kappa shape index (κ3) is 2.50. The van der Waals surface area contributed by atoms with Crippen LogP contribution in [-0.4, -0.2) is 37.1 Å². The predicted octanol–water partition coefficient (Wildman–Crippen LogP) is 2.50. The van der Waals surface area contributed by atoms with Crippen LogP contribution in [0.15, 0.2) is 36.4 Å². The van der Waals surface area contributed by atoms with Gasteiger partial charge >= 0.3 is 0 Å². The van der Waals surface area contributed by atoms with E-state index in [1.165, 1.54) is 10.6 Å². The third-order valence-corrected chi connectivity index (χ3v) is 4.60. The Morgan fingerprint density at radius 3 is 2.75 bits per heavy atom. The number of rotatable bonds is 5. The second-order valence-corrected chi connectivity index (χ2v) is 6.47. The Morgan fingerprint density at radius 2 is 2.04 bits per heavy atom. The summed E-state index contributed by atoms with van der Waals surface area (Å²) in [6.45, 7) is 2.01. The summed E-state index contributed by atoms with van der Waals surface area (Å²) in [7, 11) is 0. The average molecular weight is 327 g/mol. The van der Waals surface area contributed by atoms with Crippen molar-refractivity contribution in [3.05, 3.63) is 42.2 Å². The minimum Gasteiger partial charge on any atom is -0.394 e. The zero-order valence-electron chi connectivity index (χ0n) is 13.3. The van der Waals surface area contributed by atoms with Crippen LogP contribution in [-0.2, 0) is 0 Å². The number of aliphatic hydroxyl groups is 1. The van der Waals surface area contributed by atoms with Crippen LogP contribution in [0.3, 0.4) is 0 Å². The van der Waals surface area contributed by atoms with Crippen LogP contribution >= 0.6 is 0 Å². The van der Waals surface area contributed by atoms with Gasteiger partial charge in [-0.15, -0.1) is 15.3 Å². The Hall–Kier alpha value is -2.54. The molecule has 0 amide bonds. The van der Waals surface area contributed by atoms with Crippen molar-refractivity contribution < 1.29 is 9.50 Å². The molecule has 1 aliphatic carbocycles. The smallest absolute Gasteiger partial charge is 0.188 e. The van der Waals surface area contributed by atoms with Crippen molar-refractivity contribution in [1.29, 1.82) is 0 Å². The number of anilines is 1. The van der Waals surface area contributed by atoms with Gasteiger partial charge in [0.15, 0.2) is 11.5 Å². The summed E-state index contributed by atoms with van der Waals surface area (Å²) >= 11 is 0. The number of halogens is 1. The van der Waals surface area contributed by atoms with Gasteiger partial charge in [-0.1, -0.05) is 12.1 Å². The van der Waals surface area contributed by atoms with Crippen LogP contribution in [0, 0.1) is 11.7 Å². The van der Waals surface area contributed by atoms with Crippen molar-refractivity contribution in [3.8, 4) is 11.4 Å². The fourth-order valence-electron chi connectivity index (χ4n) is 2.95. The lowest BCUT2D eigenvalue weighted by Gasteiger charge is -2.29. The van der Waals surface area contributed by atoms with Gasteiger partial charge < -0.3 is 10.4 Å². The third-order valence-electron chi connectivity index (χ3n) is 4.60. The molecule has 0 spiro atoms. The van der Waals surface area contributed by atoms with Crippen molar-refractivity contribution >= 4 is 11.5 Å². The molecule has 1 aliphatic rings. The highest BCUT2D eigenvalue weighted by molar-refractivity contribution is 5.60. The largest absolute Gasteiger partial charge is 0.394 e. The molecule has 1 aromatic carbocycles. The highest BCUT2D eigenvalue weighted by Crippen LogP contribution is 2.41. The fraction of sp³-hybridized carbons (Fsp3) is 0.353. The number of nitrogens with one attached hydrogen (secondary N) is 1. The van der Waals surface area contributed by atoms with E-state index in [-0.39, 0.29) is 12.4 Å². The summed E-state index contributed by atoms with van der Waals surface area (Å²) in [5, 5.41) is 25.7. The normalized spacial score (nSPS) is 17.0.